The van der Waals surface area contributed by atoms with Crippen molar-refractivity contribution in [2.75, 3.05) is 7.11 Å². The number of aromatic nitrogens is 5. The van der Waals surface area contributed by atoms with Crippen molar-refractivity contribution in [1.29, 1.82) is 0 Å². The van der Waals surface area contributed by atoms with Crippen molar-refractivity contribution < 1.29 is 13.5 Å². The molecule has 0 N–H and O–H groups in total. The third kappa shape index (κ3) is 3.53. The second kappa shape index (κ2) is 7.54. The molecule has 1 aromatic carbocycles. The summed E-state index contributed by atoms with van der Waals surface area (Å²) >= 11 is 0. The van der Waals surface area contributed by atoms with Crippen molar-refractivity contribution in [3.63, 3.8) is 0 Å². The molecule has 29 heavy (non-hydrogen) atoms. The van der Waals surface area contributed by atoms with Gasteiger partial charge in [-0.2, -0.15) is 0 Å². The van der Waals surface area contributed by atoms with E-state index in [4.69, 9.17) is 4.74 Å². The normalized spacial score (nSPS) is 11.2. The first-order valence-corrected chi connectivity index (χ1v) is 9.12. The highest BCUT2D eigenvalue weighted by Crippen LogP contribution is 2.27. The number of nitrogens with zero attached hydrogens (tertiary/aromatic N) is 5. The standard InChI is InChI=1S/C21H19F2N5O/c1-12-10-24-20(13(2)26-12)17-7-5-15(28-11-25-27-21(17)28)4-6-16-18(23)8-14(22)9-19(16)29-3/h5,7-11H,4,6H2,1-3H3. The Morgan fingerprint density at radius 3 is 2.69 bits per heavy atom. The summed E-state index contributed by atoms with van der Waals surface area (Å²) in [5.74, 6) is -1.09. The zero-order chi connectivity index (χ0) is 20.5. The van der Waals surface area contributed by atoms with Crippen LogP contribution in [0, 0.1) is 25.5 Å². The van der Waals surface area contributed by atoms with Gasteiger partial charge < -0.3 is 4.74 Å². The molecule has 0 radical (unpaired) electrons. The number of benzene rings is 1. The number of rotatable bonds is 5. The average Bonchev–Trinajstić information content (AvgIpc) is 3.17. The van der Waals surface area contributed by atoms with Crippen LogP contribution in [0.25, 0.3) is 16.9 Å². The van der Waals surface area contributed by atoms with Gasteiger partial charge in [0.2, 0.25) is 0 Å². The predicted molar refractivity (Wildman–Crippen MR) is 104 cm³/mol. The van der Waals surface area contributed by atoms with Crippen molar-refractivity contribution in [1.82, 2.24) is 24.6 Å². The number of ether oxygens (including phenoxy) is 1. The fourth-order valence-electron chi connectivity index (χ4n) is 3.47. The summed E-state index contributed by atoms with van der Waals surface area (Å²) < 4.78 is 34.7. The molecule has 0 bridgehead atoms. The number of hydrogen-bond donors (Lipinski definition) is 0. The summed E-state index contributed by atoms with van der Waals surface area (Å²) in [6, 6.07) is 5.91. The van der Waals surface area contributed by atoms with Crippen molar-refractivity contribution in [2.24, 2.45) is 0 Å². The van der Waals surface area contributed by atoms with Gasteiger partial charge >= 0.3 is 0 Å². The van der Waals surface area contributed by atoms with Crippen LogP contribution in [-0.2, 0) is 12.8 Å². The fraction of sp³-hybridized carbons (Fsp3) is 0.238. The molecule has 0 aliphatic rings. The monoisotopic (exact) mass is 395 g/mol. The molecule has 0 aliphatic heterocycles. The third-order valence-electron chi connectivity index (χ3n) is 4.83. The third-order valence-corrected chi connectivity index (χ3v) is 4.83. The van der Waals surface area contributed by atoms with Gasteiger partial charge in [-0.1, -0.05) is 0 Å². The quantitative estimate of drug-likeness (QED) is 0.513. The minimum absolute atomic E-state index is 0.199. The zero-order valence-electron chi connectivity index (χ0n) is 16.3. The van der Waals surface area contributed by atoms with Crippen LogP contribution in [0.15, 0.2) is 36.8 Å². The molecule has 0 aliphatic carbocycles. The number of halogens is 2. The number of hydrogen-bond acceptors (Lipinski definition) is 5. The second-order valence-corrected chi connectivity index (χ2v) is 6.78. The van der Waals surface area contributed by atoms with E-state index in [1.54, 1.807) is 12.5 Å². The van der Waals surface area contributed by atoms with Gasteiger partial charge in [0.15, 0.2) is 5.65 Å². The highest BCUT2D eigenvalue weighted by Gasteiger charge is 2.16. The summed E-state index contributed by atoms with van der Waals surface area (Å²) in [4.78, 5) is 8.97. The van der Waals surface area contributed by atoms with Crippen molar-refractivity contribution >= 4 is 5.65 Å². The van der Waals surface area contributed by atoms with Crippen LogP contribution >= 0.6 is 0 Å². The number of pyridine rings is 1. The minimum Gasteiger partial charge on any atom is -0.496 e. The molecule has 148 valence electrons. The minimum atomic E-state index is -0.664. The first kappa shape index (κ1) is 18.9. The smallest absolute Gasteiger partial charge is 0.170 e. The Labute approximate surface area is 166 Å². The Morgan fingerprint density at radius 1 is 1.10 bits per heavy atom. The van der Waals surface area contributed by atoms with E-state index in [0.29, 0.717) is 24.1 Å². The maximum absolute atomic E-state index is 14.3. The highest BCUT2D eigenvalue weighted by molar-refractivity contribution is 5.76. The van der Waals surface area contributed by atoms with Gasteiger partial charge in [0.05, 0.1) is 24.2 Å². The molecule has 3 heterocycles. The number of aryl methyl sites for hydroxylation is 3. The van der Waals surface area contributed by atoms with Crippen LogP contribution in [-0.4, -0.2) is 31.7 Å². The molecule has 0 unspecified atom stereocenters. The molecular weight excluding hydrogens is 376 g/mol. The molecule has 0 fully saturated rings. The van der Waals surface area contributed by atoms with E-state index in [1.165, 1.54) is 13.2 Å². The molecule has 8 heteroatoms. The Balaban J connectivity index is 1.70. The molecule has 0 amide bonds. The molecule has 3 aromatic heterocycles. The molecule has 0 saturated carbocycles. The van der Waals surface area contributed by atoms with Crippen LogP contribution in [0.1, 0.15) is 22.6 Å². The van der Waals surface area contributed by atoms with Crippen LogP contribution < -0.4 is 4.74 Å². The van der Waals surface area contributed by atoms with Gasteiger partial charge in [0.1, 0.15) is 23.7 Å². The van der Waals surface area contributed by atoms with Gasteiger partial charge in [-0.05, 0) is 38.8 Å². The Bertz CT molecular complexity index is 1210. The topological polar surface area (TPSA) is 65.2 Å². The van der Waals surface area contributed by atoms with Gasteiger partial charge in [0.25, 0.3) is 0 Å². The maximum atomic E-state index is 14.3. The molecule has 6 nitrogen and oxygen atoms in total. The summed E-state index contributed by atoms with van der Waals surface area (Å²) in [7, 11) is 1.40. The fourth-order valence-corrected chi connectivity index (χ4v) is 3.47. The summed E-state index contributed by atoms with van der Waals surface area (Å²) in [6.45, 7) is 3.79. The highest BCUT2D eigenvalue weighted by atomic mass is 19.1. The molecule has 0 spiro atoms. The first-order chi connectivity index (χ1) is 14.0. The van der Waals surface area contributed by atoms with E-state index >= 15 is 0 Å². The van der Waals surface area contributed by atoms with E-state index in [0.717, 1.165) is 34.4 Å². The van der Waals surface area contributed by atoms with Gasteiger partial charge in [-0.25, -0.2) is 8.78 Å². The number of fused-ring (bicyclic) bond motifs is 1. The van der Waals surface area contributed by atoms with Crippen molar-refractivity contribution in [2.45, 2.75) is 26.7 Å². The van der Waals surface area contributed by atoms with Crippen LogP contribution in [0.4, 0.5) is 8.78 Å². The Morgan fingerprint density at radius 2 is 1.93 bits per heavy atom. The van der Waals surface area contributed by atoms with Gasteiger partial charge in [-0.3, -0.25) is 14.4 Å². The summed E-state index contributed by atoms with van der Waals surface area (Å²) in [5, 5.41) is 8.26. The summed E-state index contributed by atoms with van der Waals surface area (Å²) in [5.41, 5.74) is 5.08. The van der Waals surface area contributed by atoms with Crippen LogP contribution in [0.2, 0.25) is 0 Å². The maximum Gasteiger partial charge on any atom is 0.170 e. The van der Waals surface area contributed by atoms with Crippen molar-refractivity contribution in [3.05, 3.63) is 71.1 Å². The largest absolute Gasteiger partial charge is 0.496 e. The van der Waals surface area contributed by atoms with E-state index in [1.807, 2.05) is 30.4 Å². The molecular formula is C21H19F2N5O. The first-order valence-electron chi connectivity index (χ1n) is 9.12. The molecule has 4 aromatic rings. The zero-order valence-corrected chi connectivity index (χ0v) is 16.3. The lowest BCUT2D eigenvalue weighted by Crippen LogP contribution is -2.04. The number of methoxy groups -OCH3 is 1. The lowest BCUT2D eigenvalue weighted by molar-refractivity contribution is 0.399. The van der Waals surface area contributed by atoms with Crippen molar-refractivity contribution in [3.8, 4) is 17.0 Å². The van der Waals surface area contributed by atoms with E-state index in [9.17, 15) is 8.78 Å². The summed E-state index contributed by atoms with van der Waals surface area (Å²) in [6.07, 6.45) is 4.16. The van der Waals surface area contributed by atoms with Gasteiger partial charge in [0, 0.05) is 35.2 Å². The molecule has 0 atom stereocenters. The lowest BCUT2D eigenvalue weighted by atomic mass is 10.0. The molecule has 0 saturated heterocycles. The second-order valence-electron chi connectivity index (χ2n) is 6.78. The van der Waals surface area contributed by atoms with E-state index in [-0.39, 0.29) is 5.75 Å². The predicted octanol–water partition coefficient (Wildman–Crippen LogP) is 3.88. The van der Waals surface area contributed by atoms with Crippen LogP contribution in [0.5, 0.6) is 5.75 Å². The van der Waals surface area contributed by atoms with E-state index in [2.05, 4.69) is 20.2 Å². The van der Waals surface area contributed by atoms with Crippen LogP contribution in [0.3, 0.4) is 0 Å². The van der Waals surface area contributed by atoms with E-state index < -0.39 is 11.6 Å². The van der Waals surface area contributed by atoms with Gasteiger partial charge in [-0.15, -0.1) is 10.2 Å². The Kier molecular flexibility index (Phi) is 4.92. The lowest BCUT2D eigenvalue weighted by Gasteiger charge is -2.12. The Hall–Kier alpha value is -3.42. The molecule has 4 rings (SSSR count). The SMILES string of the molecule is COc1cc(F)cc(F)c1CCc1ccc(-c2ncc(C)nc2C)c2nncn12. The average molecular weight is 395 g/mol.